The standard InChI is InChI=1S/C22H25N3O6/c26-18-9-8-17(19(27)24-18)25-20(28)15-7-6-14(10-16(15)21(25)29)11-23-22(30)31-12-13-4-2-1-3-5-13/h6-7,10,13,17H,1-5,8-9,11-12H2,(H,23,30)(H,24,26,27). The second-order valence-electron chi connectivity index (χ2n) is 8.28. The molecule has 1 saturated carbocycles. The van der Waals surface area contributed by atoms with Crippen LogP contribution in [0.15, 0.2) is 18.2 Å². The zero-order valence-electron chi connectivity index (χ0n) is 17.1. The number of piperidine rings is 1. The third-order valence-electron chi connectivity index (χ3n) is 6.12. The van der Waals surface area contributed by atoms with Gasteiger partial charge in [-0.25, -0.2) is 4.79 Å². The van der Waals surface area contributed by atoms with Crippen molar-refractivity contribution in [1.29, 1.82) is 0 Å². The molecule has 164 valence electrons. The van der Waals surface area contributed by atoms with Gasteiger partial charge < -0.3 is 10.1 Å². The predicted octanol–water partition coefficient (Wildman–Crippen LogP) is 1.89. The van der Waals surface area contributed by atoms with Crippen molar-refractivity contribution in [2.45, 2.75) is 57.5 Å². The van der Waals surface area contributed by atoms with E-state index in [1.54, 1.807) is 12.1 Å². The summed E-state index contributed by atoms with van der Waals surface area (Å²) in [6.07, 6.45) is 5.41. The van der Waals surface area contributed by atoms with E-state index in [9.17, 15) is 24.0 Å². The molecule has 31 heavy (non-hydrogen) atoms. The lowest BCUT2D eigenvalue weighted by Crippen LogP contribution is -2.54. The van der Waals surface area contributed by atoms with E-state index in [1.807, 2.05) is 0 Å². The Hall–Kier alpha value is -3.23. The summed E-state index contributed by atoms with van der Waals surface area (Å²) < 4.78 is 5.30. The first kappa shape index (κ1) is 21.0. The molecule has 4 rings (SSSR count). The average molecular weight is 427 g/mol. The maximum Gasteiger partial charge on any atom is 0.407 e. The maximum atomic E-state index is 12.8. The van der Waals surface area contributed by atoms with Crippen molar-refractivity contribution in [3.8, 4) is 0 Å². The Kier molecular flexibility index (Phi) is 6.01. The summed E-state index contributed by atoms with van der Waals surface area (Å²) >= 11 is 0. The van der Waals surface area contributed by atoms with E-state index in [2.05, 4.69) is 10.6 Å². The van der Waals surface area contributed by atoms with Crippen molar-refractivity contribution < 1.29 is 28.7 Å². The molecule has 0 bridgehead atoms. The Morgan fingerprint density at radius 2 is 1.77 bits per heavy atom. The molecule has 2 aliphatic heterocycles. The molecule has 1 aliphatic carbocycles. The highest BCUT2D eigenvalue weighted by atomic mass is 16.5. The van der Waals surface area contributed by atoms with Crippen LogP contribution in [0.5, 0.6) is 0 Å². The minimum Gasteiger partial charge on any atom is -0.449 e. The molecule has 9 nitrogen and oxygen atoms in total. The fourth-order valence-electron chi connectivity index (χ4n) is 4.40. The Labute approximate surface area is 179 Å². The minimum atomic E-state index is -0.999. The number of fused-ring (bicyclic) bond motifs is 1. The van der Waals surface area contributed by atoms with Crippen LogP contribution >= 0.6 is 0 Å². The number of nitrogens with zero attached hydrogens (tertiary/aromatic N) is 1. The average Bonchev–Trinajstić information content (AvgIpc) is 3.01. The van der Waals surface area contributed by atoms with Gasteiger partial charge >= 0.3 is 6.09 Å². The zero-order chi connectivity index (χ0) is 22.0. The molecule has 9 heteroatoms. The van der Waals surface area contributed by atoms with Crippen LogP contribution in [0.25, 0.3) is 0 Å². The number of carbonyl (C=O) groups excluding carboxylic acids is 5. The van der Waals surface area contributed by atoms with Crippen molar-refractivity contribution in [3.63, 3.8) is 0 Å². The van der Waals surface area contributed by atoms with Gasteiger partial charge in [0.25, 0.3) is 11.8 Å². The van der Waals surface area contributed by atoms with Gasteiger partial charge in [0.1, 0.15) is 6.04 Å². The third kappa shape index (κ3) is 4.45. The van der Waals surface area contributed by atoms with Crippen LogP contribution in [0.3, 0.4) is 0 Å². The van der Waals surface area contributed by atoms with Gasteiger partial charge in [0, 0.05) is 13.0 Å². The SMILES string of the molecule is O=C1CCC(N2C(=O)c3ccc(CNC(=O)OCC4CCCCC4)cc3C2=O)C(=O)N1. The number of carbonyl (C=O) groups is 5. The van der Waals surface area contributed by atoms with E-state index in [1.165, 1.54) is 25.3 Å². The van der Waals surface area contributed by atoms with Crippen molar-refractivity contribution in [3.05, 3.63) is 34.9 Å². The van der Waals surface area contributed by atoms with Crippen molar-refractivity contribution in [2.75, 3.05) is 6.61 Å². The Bertz CT molecular complexity index is 937. The lowest BCUT2D eigenvalue weighted by atomic mass is 9.90. The summed E-state index contributed by atoms with van der Waals surface area (Å²) in [6.45, 7) is 0.556. The summed E-state index contributed by atoms with van der Waals surface area (Å²) in [4.78, 5) is 61.9. The second-order valence-corrected chi connectivity index (χ2v) is 8.28. The second kappa shape index (κ2) is 8.87. The predicted molar refractivity (Wildman–Crippen MR) is 108 cm³/mol. The summed E-state index contributed by atoms with van der Waals surface area (Å²) in [5, 5.41) is 4.84. The molecule has 0 aromatic heterocycles. The first-order chi connectivity index (χ1) is 14.9. The molecule has 0 radical (unpaired) electrons. The summed E-state index contributed by atoms with van der Waals surface area (Å²) in [7, 11) is 0. The normalized spacial score (nSPS) is 21.7. The number of rotatable bonds is 5. The monoisotopic (exact) mass is 427 g/mol. The molecule has 2 heterocycles. The first-order valence-corrected chi connectivity index (χ1v) is 10.7. The fraction of sp³-hybridized carbons (Fsp3) is 0.500. The van der Waals surface area contributed by atoms with Crippen LogP contribution in [0, 0.1) is 5.92 Å². The van der Waals surface area contributed by atoms with Crippen LogP contribution in [0.2, 0.25) is 0 Å². The van der Waals surface area contributed by atoms with E-state index >= 15 is 0 Å². The van der Waals surface area contributed by atoms with E-state index in [4.69, 9.17) is 4.74 Å². The quantitative estimate of drug-likeness (QED) is 0.692. The van der Waals surface area contributed by atoms with Crippen LogP contribution in [0.4, 0.5) is 4.79 Å². The number of hydrogen-bond donors (Lipinski definition) is 2. The van der Waals surface area contributed by atoms with Crippen molar-refractivity contribution in [1.82, 2.24) is 15.5 Å². The van der Waals surface area contributed by atoms with Gasteiger partial charge in [0.15, 0.2) is 0 Å². The number of nitrogens with one attached hydrogen (secondary N) is 2. The Morgan fingerprint density at radius 1 is 1.03 bits per heavy atom. The number of alkyl carbamates (subject to hydrolysis) is 1. The highest BCUT2D eigenvalue weighted by molar-refractivity contribution is 6.23. The Morgan fingerprint density at radius 3 is 2.52 bits per heavy atom. The third-order valence-corrected chi connectivity index (χ3v) is 6.12. The van der Waals surface area contributed by atoms with Gasteiger partial charge in [-0.15, -0.1) is 0 Å². The summed E-state index contributed by atoms with van der Waals surface area (Å²) in [5.74, 6) is -1.77. The van der Waals surface area contributed by atoms with E-state index in [0.29, 0.717) is 18.1 Å². The molecule has 1 saturated heterocycles. The molecule has 1 aromatic carbocycles. The number of amides is 5. The number of benzene rings is 1. The van der Waals surface area contributed by atoms with Crippen LogP contribution in [0.1, 0.15) is 71.2 Å². The van der Waals surface area contributed by atoms with E-state index < -0.39 is 35.8 Å². The summed E-state index contributed by atoms with van der Waals surface area (Å²) in [6, 6.07) is 3.72. The lowest BCUT2D eigenvalue weighted by molar-refractivity contribution is -0.136. The highest BCUT2D eigenvalue weighted by Crippen LogP contribution is 2.28. The Balaban J connectivity index is 1.36. The topological polar surface area (TPSA) is 122 Å². The number of imide groups is 2. The molecule has 1 aromatic rings. The van der Waals surface area contributed by atoms with Gasteiger partial charge in [-0.05, 0) is 42.9 Å². The number of ether oxygens (including phenoxy) is 1. The molecule has 3 aliphatic rings. The summed E-state index contributed by atoms with van der Waals surface area (Å²) in [5.41, 5.74) is 1.03. The minimum absolute atomic E-state index is 0.0714. The van der Waals surface area contributed by atoms with Gasteiger partial charge in [-0.1, -0.05) is 25.3 Å². The van der Waals surface area contributed by atoms with Crippen LogP contribution in [-0.2, 0) is 20.9 Å². The van der Waals surface area contributed by atoms with Gasteiger partial charge in [0.05, 0.1) is 17.7 Å². The lowest BCUT2D eigenvalue weighted by Gasteiger charge is -2.27. The zero-order valence-corrected chi connectivity index (χ0v) is 17.1. The van der Waals surface area contributed by atoms with Crippen molar-refractivity contribution >= 4 is 29.7 Å². The van der Waals surface area contributed by atoms with Crippen molar-refractivity contribution in [2.24, 2.45) is 5.92 Å². The van der Waals surface area contributed by atoms with Gasteiger partial charge in [-0.3, -0.25) is 29.4 Å². The molecular weight excluding hydrogens is 402 g/mol. The largest absolute Gasteiger partial charge is 0.449 e. The van der Waals surface area contributed by atoms with Gasteiger partial charge in [0.2, 0.25) is 11.8 Å². The van der Waals surface area contributed by atoms with E-state index in [0.717, 1.165) is 17.7 Å². The molecular formula is C22H25N3O6. The van der Waals surface area contributed by atoms with Gasteiger partial charge in [-0.2, -0.15) is 0 Å². The number of hydrogen-bond acceptors (Lipinski definition) is 6. The molecule has 2 N–H and O–H groups in total. The molecule has 1 atom stereocenters. The van der Waals surface area contributed by atoms with E-state index in [-0.39, 0.29) is 30.5 Å². The van der Waals surface area contributed by atoms with Crippen LogP contribution < -0.4 is 10.6 Å². The fourth-order valence-corrected chi connectivity index (χ4v) is 4.40. The van der Waals surface area contributed by atoms with Crippen LogP contribution in [-0.4, -0.2) is 47.3 Å². The first-order valence-electron chi connectivity index (χ1n) is 10.7. The molecule has 1 unspecified atom stereocenters. The molecule has 2 fully saturated rings. The molecule has 0 spiro atoms. The smallest absolute Gasteiger partial charge is 0.407 e. The maximum absolute atomic E-state index is 12.8. The highest BCUT2D eigenvalue weighted by Gasteiger charge is 2.44. The molecule has 5 amide bonds.